The average molecular weight is 188 g/mol. The molecular formula is C8H12OS2. The summed E-state index contributed by atoms with van der Waals surface area (Å²) >= 11 is 3.50. The minimum absolute atomic E-state index is 0.314. The lowest BCUT2D eigenvalue weighted by Gasteiger charge is -1.96. The molecule has 0 fully saturated rings. The Labute approximate surface area is 75.4 Å². The van der Waals surface area contributed by atoms with E-state index in [-0.39, 0.29) is 6.10 Å². The Morgan fingerprint density at radius 1 is 1.64 bits per heavy atom. The molecule has 3 heteroatoms. The van der Waals surface area contributed by atoms with E-state index >= 15 is 0 Å². The number of thioether (sulfide) groups is 1. The van der Waals surface area contributed by atoms with Crippen LogP contribution in [0.2, 0.25) is 0 Å². The highest BCUT2D eigenvalue weighted by atomic mass is 32.2. The second kappa shape index (κ2) is 4.14. The molecule has 1 aromatic heterocycles. The lowest BCUT2D eigenvalue weighted by atomic mass is 10.3. The molecule has 1 atom stereocenters. The van der Waals surface area contributed by atoms with Crippen LogP contribution < -0.4 is 0 Å². The van der Waals surface area contributed by atoms with E-state index in [4.69, 9.17) is 0 Å². The molecule has 62 valence electrons. The number of rotatable bonds is 3. The van der Waals surface area contributed by atoms with Gasteiger partial charge in [-0.05, 0) is 24.8 Å². The highest BCUT2D eigenvalue weighted by molar-refractivity contribution is 8.01. The predicted octanol–water partition coefficient (Wildman–Crippen LogP) is 2.91. The van der Waals surface area contributed by atoms with Crippen LogP contribution in [0.4, 0.5) is 0 Å². The Balaban J connectivity index is 2.66. The summed E-state index contributed by atoms with van der Waals surface area (Å²) in [5.74, 6) is 1.10. The number of hydrogen-bond donors (Lipinski definition) is 1. The van der Waals surface area contributed by atoms with Crippen LogP contribution in [0, 0.1) is 0 Å². The van der Waals surface area contributed by atoms with Gasteiger partial charge in [0.15, 0.2) is 0 Å². The molecule has 1 rings (SSSR count). The monoisotopic (exact) mass is 188 g/mol. The fraction of sp³-hybridized carbons (Fsp3) is 0.500. The normalized spacial score (nSPS) is 13.4. The molecule has 1 nitrogen and oxygen atoms in total. The predicted molar refractivity (Wildman–Crippen MR) is 51.4 cm³/mol. The van der Waals surface area contributed by atoms with E-state index < -0.39 is 0 Å². The third-order valence-corrected chi connectivity index (χ3v) is 3.66. The van der Waals surface area contributed by atoms with Crippen LogP contribution in [0.25, 0.3) is 0 Å². The van der Waals surface area contributed by atoms with Gasteiger partial charge in [-0.15, -0.1) is 23.1 Å². The molecule has 0 amide bonds. The quantitative estimate of drug-likeness (QED) is 0.736. The maximum Gasteiger partial charge on any atom is 0.0854 e. The summed E-state index contributed by atoms with van der Waals surface area (Å²) in [4.78, 5) is 1.06. The Hall–Kier alpha value is 0.01000. The van der Waals surface area contributed by atoms with Crippen molar-refractivity contribution in [1.82, 2.24) is 0 Å². The second-order valence-corrected chi connectivity index (χ2v) is 4.95. The third kappa shape index (κ3) is 2.51. The average Bonchev–Trinajstić information content (AvgIpc) is 2.37. The summed E-state index contributed by atoms with van der Waals surface area (Å²) in [6.07, 6.45) is -0.314. The molecule has 0 aliphatic heterocycles. The molecule has 1 N–H and O–H groups in total. The van der Waals surface area contributed by atoms with Gasteiger partial charge in [-0.3, -0.25) is 0 Å². The molecule has 0 spiro atoms. The Morgan fingerprint density at radius 2 is 2.36 bits per heavy atom. The van der Waals surface area contributed by atoms with Crippen molar-refractivity contribution >= 4 is 23.1 Å². The van der Waals surface area contributed by atoms with Crippen molar-refractivity contribution in [3.05, 3.63) is 17.0 Å². The largest absolute Gasteiger partial charge is 0.388 e. The summed E-state index contributed by atoms with van der Waals surface area (Å²) in [6, 6.07) is 4.06. The first-order valence-electron chi connectivity index (χ1n) is 3.64. The molecule has 0 bridgehead atoms. The minimum atomic E-state index is -0.314. The Bertz CT molecular complexity index is 218. The first-order valence-corrected chi connectivity index (χ1v) is 5.45. The molecular weight excluding hydrogens is 176 g/mol. The van der Waals surface area contributed by atoms with Gasteiger partial charge in [0.1, 0.15) is 0 Å². The van der Waals surface area contributed by atoms with Gasteiger partial charge in [-0.1, -0.05) is 6.92 Å². The fourth-order valence-corrected chi connectivity index (χ4v) is 2.78. The van der Waals surface area contributed by atoms with Crippen LogP contribution in [0.3, 0.4) is 0 Å². The molecule has 1 unspecified atom stereocenters. The molecule has 0 saturated heterocycles. The summed E-state index contributed by atoms with van der Waals surface area (Å²) in [5, 5.41) is 9.21. The van der Waals surface area contributed by atoms with Crippen molar-refractivity contribution in [2.24, 2.45) is 0 Å². The first-order chi connectivity index (χ1) is 5.24. The number of hydrogen-bond acceptors (Lipinski definition) is 3. The van der Waals surface area contributed by atoms with E-state index in [0.29, 0.717) is 0 Å². The van der Waals surface area contributed by atoms with Gasteiger partial charge in [-0.25, -0.2) is 0 Å². The smallest absolute Gasteiger partial charge is 0.0854 e. The van der Waals surface area contributed by atoms with Crippen LogP contribution in [0.15, 0.2) is 16.3 Å². The van der Waals surface area contributed by atoms with Gasteiger partial charge in [0.2, 0.25) is 0 Å². The molecule has 1 heterocycles. The van der Waals surface area contributed by atoms with Crippen molar-refractivity contribution in [3.63, 3.8) is 0 Å². The van der Waals surface area contributed by atoms with Crippen LogP contribution in [-0.2, 0) is 0 Å². The van der Waals surface area contributed by atoms with Gasteiger partial charge in [0.05, 0.1) is 10.3 Å². The summed E-state index contributed by atoms with van der Waals surface area (Å²) in [5.41, 5.74) is 0. The number of thiophene rings is 1. The van der Waals surface area contributed by atoms with Crippen molar-refractivity contribution in [2.45, 2.75) is 24.2 Å². The zero-order valence-electron chi connectivity index (χ0n) is 6.70. The van der Waals surface area contributed by atoms with Gasteiger partial charge in [0, 0.05) is 4.88 Å². The molecule has 0 saturated carbocycles. The lowest BCUT2D eigenvalue weighted by Crippen LogP contribution is -1.83. The number of aliphatic hydroxyl groups is 1. The van der Waals surface area contributed by atoms with E-state index in [0.717, 1.165) is 10.6 Å². The zero-order valence-corrected chi connectivity index (χ0v) is 8.34. The highest BCUT2D eigenvalue weighted by Gasteiger charge is 2.03. The van der Waals surface area contributed by atoms with E-state index in [1.807, 2.05) is 17.8 Å². The van der Waals surface area contributed by atoms with E-state index in [2.05, 4.69) is 13.0 Å². The Morgan fingerprint density at radius 3 is 2.82 bits per heavy atom. The van der Waals surface area contributed by atoms with Crippen molar-refractivity contribution in [2.75, 3.05) is 5.75 Å². The van der Waals surface area contributed by atoms with Crippen molar-refractivity contribution in [3.8, 4) is 0 Å². The molecule has 1 aromatic rings. The van der Waals surface area contributed by atoms with Gasteiger partial charge in [-0.2, -0.15) is 0 Å². The lowest BCUT2D eigenvalue weighted by molar-refractivity contribution is 0.203. The van der Waals surface area contributed by atoms with Crippen molar-refractivity contribution < 1.29 is 5.11 Å². The summed E-state index contributed by atoms with van der Waals surface area (Å²) < 4.78 is 1.29. The third-order valence-electron chi connectivity index (χ3n) is 1.30. The summed E-state index contributed by atoms with van der Waals surface area (Å²) in [7, 11) is 0. The van der Waals surface area contributed by atoms with Gasteiger partial charge < -0.3 is 5.11 Å². The van der Waals surface area contributed by atoms with Gasteiger partial charge in [0.25, 0.3) is 0 Å². The standard InChI is InChI=1S/C8H12OS2/c1-3-10-8-5-4-7(11-8)6(2)9/h4-6,9H,3H2,1-2H3. The zero-order chi connectivity index (χ0) is 8.27. The molecule has 0 aliphatic rings. The summed E-state index contributed by atoms with van der Waals surface area (Å²) in [6.45, 7) is 3.93. The minimum Gasteiger partial charge on any atom is -0.388 e. The molecule has 11 heavy (non-hydrogen) atoms. The molecule has 0 aromatic carbocycles. The van der Waals surface area contributed by atoms with Crippen LogP contribution in [0.1, 0.15) is 24.8 Å². The van der Waals surface area contributed by atoms with Crippen LogP contribution >= 0.6 is 23.1 Å². The van der Waals surface area contributed by atoms with Crippen molar-refractivity contribution in [1.29, 1.82) is 0 Å². The van der Waals surface area contributed by atoms with Crippen LogP contribution in [0.5, 0.6) is 0 Å². The van der Waals surface area contributed by atoms with E-state index in [1.54, 1.807) is 18.3 Å². The Kier molecular flexibility index (Phi) is 3.43. The maximum absolute atomic E-state index is 9.21. The van der Waals surface area contributed by atoms with Gasteiger partial charge >= 0.3 is 0 Å². The van der Waals surface area contributed by atoms with E-state index in [9.17, 15) is 5.11 Å². The first kappa shape index (κ1) is 9.10. The maximum atomic E-state index is 9.21. The van der Waals surface area contributed by atoms with E-state index in [1.165, 1.54) is 4.21 Å². The molecule has 0 radical (unpaired) electrons. The van der Waals surface area contributed by atoms with Crippen LogP contribution in [-0.4, -0.2) is 10.9 Å². The topological polar surface area (TPSA) is 20.2 Å². The highest BCUT2D eigenvalue weighted by Crippen LogP contribution is 2.30. The fourth-order valence-electron chi connectivity index (χ4n) is 0.779. The second-order valence-electron chi connectivity index (χ2n) is 2.27. The SMILES string of the molecule is CCSc1ccc(C(C)O)s1. The number of aliphatic hydroxyl groups excluding tert-OH is 1. The molecule has 0 aliphatic carbocycles.